The standard InChI is InChI=1S/C24H19FO3/c1-2-24(26)28-12-11-27-21-7-3-16(4-8-21)17-5-9-22-18(13-17)14-19-15-20(25)6-10-23(19)22/h2-10,13,15H,1,11-12,14H2. The van der Waals surface area contributed by atoms with E-state index in [2.05, 4.69) is 24.8 Å². The highest BCUT2D eigenvalue weighted by atomic mass is 19.1. The van der Waals surface area contributed by atoms with Crippen molar-refractivity contribution in [2.75, 3.05) is 13.2 Å². The lowest BCUT2D eigenvalue weighted by Gasteiger charge is -2.09. The fraction of sp³-hybridized carbons (Fsp3) is 0.125. The minimum absolute atomic E-state index is 0.179. The molecule has 3 aromatic rings. The number of ether oxygens (including phenoxy) is 2. The number of carbonyl (C=O) groups is 1. The zero-order valence-corrected chi connectivity index (χ0v) is 15.3. The lowest BCUT2D eigenvalue weighted by molar-refractivity contribution is -0.138. The Labute approximate surface area is 163 Å². The van der Waals surface area contributed by atoms with Crippen molar-refractivity contribution in [3.63, 3.8) is 0 Å². The van der Waals surface area contributed by atoms with E-state index in [0.29, 0.717) is 5.75 Å². The number of benzene rings is 3. The first kappa shape index (κ1) is 18.0. The smallest absolute Gasteiger partial charge is 0.330 e. The molecule has 0 radical (unpaired) electrons. The van der Waals surface area contributed by atoms with Gasteiger partial charge in [0.05, 0.1) is 0 Å². The maximum Gasteiger partial charge on any atom is 0.330 e. The Morgan fingerprint density at radius 2 is 1.61 bits per heavy atom. The fourth-order valence-electron chi connectivity index (χ4n) is 3.46. The third kappa shape index (κ3) is 3.67. The van der Waals surface area contributed by atoms with E-state index in [0.717, 1.165) is 34.8 Å². The summed E-state index contributed by atoms with van der Waals surface area (Å²) in [6.07, 6.45) is 1.88. The van der Waals surface area contributed by atoms with Crippen LogP contribution in [0.5, 0.6) is 5.75 Å². The summed E-state index contributed by atoms with van der Waals surface area (Å²) in [6, 6.07) is 19.1. The highest BCUT2D eigenvalue weighted by Crippen LogP contribution is 2.39. The molecular weight excluding hydrogens is 355 g/mol. The Morgan fingerprint density at radius 3 is 2.36 bits per heavy atom. The molecular formula is C24H19FO3. The highest BCUT2D eigenvalue weighted by Gasteiger charge is 2.19. The van der Waals surface area contributed by atoms with Crippen LogP contribution >= 0.6 is 0 Å². The van der Waals surface area contributed by atoms with E-state index in [1.54, 1.807) is 6.07 Å². The van der Waals surface area contributed by atoms with Gasteiger partial charge < -0.3 is 9.47 Å². The van der Waals surface area contributed by atoms with Gasteiger partial charge in [-0.05, 0) is 64.1 Å². The summed E-state index contributed by atoms with van der Waals surface area (Å²) in [5.41, 5.74) is 6.72. The largest absolute Gasteiger partial charge is 0.490 e. The van der Waals surface area contributed by atoms with Crippen molar-refractivity contribution in [2.24, 2.45) is 0 Å². The second-order valence-corrected chi connectivity index (χ2v) is 6.59. The summed E-state index contributed by atoms with van der Waals surface area (Å²) in [7, 11) is 0. The Kier molecular flexibility index (Phi) is 4.94. The van der Waals surface area contributed by atoms with Crippen LogP contribution in [-0.2, 0) is 16.0 Å². The maximum absolute atomic E-state index is 13.5. The number of halogens is 1. The van der Waals surface area contributed by atoms with E-state index in [4.69, 9.17) is 9.47 Å². The average molecular weight is 374 g/mol. The second-order valence-electron chi connectivity index (χ2n) is 6.59. The van der Waals surface area contributed by atoms with Gasteiger partial charge >= 0.3 is 5.97 Å². The van der Waals surface area contributed by atoms with Gasteiger partial charge in [0.15, 0.2) is 0 Å². The van der Waals surface area contributed by atoms with Crippen LogP contribution in [0.4, 0.5) is 4.39 Å². The fourth-order valence-corrected chi connectivity index (χ4v) is 3.46. The Morgan fingerprint density at radius 1 is 0.929 bits per heavy atom. The molecule has 0 fully saturated rings. The molecule has 28 heavy (non-hydrogen) atoms. The normalized spacial score (nSPS) is 11.5. The van der Waals surface area contributed by atoms with E-state index in [1.165, 1.54) is 17.2 Å². The molecule has 4 rings (SSSR count). The van der Waals surface area contributed by atoms with Crippen LogP contribution in [0.25, 0.3) is 22.3 Å². The molecule has 0 aliphatic heterocycles. The molecule has 0 amide bonds. The minimum atomic E-state index is -0.458. The van der Waals surface area contributed by atoms with E-state index in [1.807, 2.05) is 30.3 Å². The van der Waals surface area contributed by atoms with E-state index < -0.39 is 5.97 Å². The quantitative estimate of drug-likeness (QED) is 0.265. The molecule has 0 aromatic heterocycles. The zero-order chi connectivity index (χ0) is 19.5. The summed E-state index contributed by atoms with van der Waals surface area (Å²) in [6.45, 7) is 3.80. The lowest BCUT2D eigenvalue weighted by atomic mass is 9.99. The van der Waals surface area contributed by atoms with Crippen LogP contribution < -0.4 is 4.74 Å². The van der Waals surface area contributed by atoms with Crippen LogP contribution in [0.15, 0.2) is 73.3 Å². The lowest BCUT2D eigenvalue weighted by Crippen LogP contribution is -2.10. The average Bonchev–Trinajstić information content (AvgIpc) is 3.08. The predicted octanol–water partition coefficient (Wildman–Crippen LogP) is 5.17. The molecule has 1 aliphatic rings. The molecule has 3 aromatic carbocycles. The first-order valence-electron chi connectivity index (χ1n) is 9.08. The van der Waals surface area contributed by atoms with Crippen LogP contribution in [-0.4, -0.2) is 19.2 Å². The SMILES string of the molecule is C=CC(=O)OCCOc1ccc(-c2ccc3c(c2)Cc2cc(F)ccc2-3)cc1. The third-order valence-electron chi connectivity index (χ3n) is 4.79. The number of carbonyl (C=O) groups excluding carboxylic acids is 1. The minimum Gasteiger partial charge on any atom is -0.490 e. The Bertz CT molecular complexity index is 1040. The van der Waals surface area contributed by atoms with Crippen molar-refractivity contribution < 1.29 is 18.7 Å². The van der Waals surface area contributed by atoms with Gasteiger partial charge in [-0.15, -0.1) is 0 Å². The van der Waals surface area contributed by atoms with Gasteiger partial charge in [-0.2, -0.15) is 0 Å². The van der Waals surface area contributed by atoms with Crippen molar-refractivity contribution in [3.05, 3.63) is 90.3 Å². The number of rotatable bonds is 6. The van der Waals surface area contributed by atoms with Crippen LogP contribution in [0.3, 0.4) is 0 Å². The Hall–Kier alpha value is -3.40. The van der Waals surface area contributed by atoms with Gasteiger partial charge in [-0.25, -0.2) is 9.18 Å². The second kappa shape index (κ2) is 7.69. The van der Waals surface area contributed by atoms with Crippen LogP contribution in [0.2, 0.25) is 0 Å². The van der Waals surface area contributed by atoms with Gasteiger partial charge in [0.2, 0.25) is 0 Å². The highest BCUT2D eigenvalue weighted by molar-refractivity contribution is 5.81. The first-order chi connectivity index (χ1) is 13.6. The number of hydrogen-bond acceptors (Lipinski definition) is 3. The topological polar surface area (TPSA) is 35.5 Å². The number of fused-ring (bicyclic) bond motifs is 3. The van der Waals surface area contributed by atoms with Crippen molar-refractivity contribution in [1.29, 1.82) is 0 Å². The number of hydrogen-bond donors (Lipinski definition) is 0. The van der Waals surface area contributed by atoms with Crippen molar-refractivity contribution in [1.82, 2.24) is 0 Å². The van der Waals surface area contributed by atoms with Crippen LogP contribution in [0.1, 0.15) is 11.1 Å². The van der Waals surface area contributed by atoms with Gasteiger partial charge in [-0.1, -0.05) is 43.0 Å². The Balaban J connectivity index is 1.44. The molecule has 0 atom stereocenters. The van der Waals surface area contributed by atoms with Crippen LogP contribution in [0, 0.1) is 5.82 Å². The van der Waals surface area contributed by atoms with Gasteiger partial charge in [0.25, 0.3) is 0 Å². The monoisotopic (exact) mass is 374 g/mol. The maximum atomic E-state index is 13.5. The van der Waals surface area contributed by atoms with E-state index in [-0.39, 0.29) is 19.0 Å². The van der Waals surface area contributed by atoms with E-state index in [9.17, 15) is 9.18 Å². The van der Waals surface area contributed by atoms with Crippen molar-refractivity contribution in [3.8, 4) is 28.0 Å². The van der Waals surface area contributed by atoms with E-state index >= 15 is 0 Å². The molecule has 4 heteroatoms. The molecule has 0 saturated heterocycles. The zero-order valence-electron chi connectivity index (χ0n) is 15.3. The summed E-state index contributed by atoms with van der Waals surface area (Å²) in [5.74, 6) is 0.0597. The molecule has 140 valence electrons. The molecule has 1 aliphatic carbocycles. The summed E-state index contributed by atoms with van der Waals surface area (Å²) in [4.78, 5) is 11.0. The third-order valence-corrected chi connectivity index (χ3v) is 4.79. The first-order valence-corrected chi connectivity index (χ1v) is 9.08. The molecule has 0 heterocycles. The predicted molar refractivity (Wildman–Crippen MR) is 107 cm³/mol. The molecule has 3 nitrogen and oxygen atoms in total. The molecule has 0 bridgehead atoms. The molecule has 0 spiro atoms. The summed E-state index contributed by atoms with van der Waals surface area (Å²) < 4.78 is 23.9. The van der Waals surface area contributed by atoms with Gasteiger partial charge in [-0.3, -0.25) is 0 Å². The molecule has 0 unspecified atom stereocenters. The summed E-state index contributed by atoms with van der Waals surface area (Å²) in [5, 5.41) is 0. The van der Waals surface area contributed by atoms with Crippen molar-refractivity contribution in [2.45, 2.75) is 6.42 Å². The van der Waals surface area contributed by atoms with Crippen molar-refractivity contribution >= 4 is 5.97 Å². The van der Waals surface area contributed by atoms with Gasteiger partial charge in [0, 0.05) is 6.08 Å². The number of esters is 1. The van der Waals surface area contributed by atoms with Gasteiger partial charge in [0.1, 0.15) is 24.8 Å². The molecule has 0 saturated carbocycles. The molecule has 0 N–H and O–H groups in total. The summed E-state index contributed by atoms with van der Waals surface area (Å²) >= 11 is 0.